The molecule has 0 bridgehead atoms. The molecule has 0 N–H and O–H groups in total. The van der Waals surface area contributed by atoms with E-state index in [0.29, 0.717) is 0 Å². The van der Waals surface area contributed by atoms with Gasteiger partial charge in [0.05, 0.1) is 0 Å². The van der Waals surface area contributed by atoms with Gasteiger partial charge in [0.1, 0.15) is 0 Å². The van der Waals surface area contributed by atoms with E-state index in [-0.39, 0.29) is 0 Å². The van der Waals surface area contributed by atoms with Gasteiger partial charge in [0.25, 0.3) is 0 Å². The molecule has 0 saturated heterocycles. The number of halogens is 4. The maximum absolute atomic E-state index is 4.88. The first-order chi connectivity index (χ1) is 9.08. The molecule has 6 heteroatoms. The zero-order chi connectivity index (χ0) is 17.1. The summed E-state index contributed by atoms with van der Waals surface area (Å²) in [4.78, 5) is 0. The molecular weight excluding hydrogens is 700 g/mol. The van der Waals surface area contributed by atoms with Gasteiger partial charge in [0.2, 0.25) is 0 Å². The summed E-state index contributed by atoms with van der Waals surface area (Å²) in [6, 6.07) is 0. The van der Waals surface area contributed by atoms with Crippen LogP contribution in [0.1, 0.15) is 55.4 Å². The van der Waals surface area contributed by atoms with Crippen molar-refractivity contribution < 1.29 is 33.0 Å². The molecule has 0 aromatic carbocycles. The van der Waals surface area contributed by atoms with E-state index < -0.39 is 33.0 Å². The van der Waals surface area contributed by atoms with E-state index in [1.54, 1.807) is 0 Å². The Morgan fingerprint density at radius 1 is 0.500 bits per heavy atom. The standard InChI is InChI=1S/2C7H12.4ClH.2Pt/c2*1-6(2)5-7(3)4;;;;;;/h2*1-4H3;4*1H;;/q;;;;;;2*+2/p-4. The van der Waals surface area contributed by atoms with Gasteiger partial charge in [-0.15, -0.1) is 11.5 Å². The van der Waals surface area contributed by atoms with Crippen molar-refractivity contribution in [3.63, 3.8) is 0 Å². The summed E-state index contributed by atoms with van der Waals surface area (Å²) in [7, 11) is 19.5. The van der Waals surface area contributed by atoms with Crippen molar-refractivity contribution in [2.24, 2.45) is 0 Å². The summed E-state index contributed by atoms with van der Waals surface area (Å²) in [6.45, 7) is 16.4. The van der Waals surface area contributed by atoms with E-state index in [1.165, 1.54) is 22.3 Å². The Morgan fingerprint density at radius 2 is 0.600 bits per heavy atom. The van der Waals surface area contributed by atoms with Gasteiger partial charge in [-0.3, -0.25) is 0 Å². The van der Waals surface area contributed by atoms with Crippen LogP contribution in [0.3, 0.4) is 0 Å². The van der Waals surface area contributed by atoms with Gasteiger partial charge in [-0.2, -0.15) is 0 Å². The van der Waals surface area contributed by atoms with E-state index in [2.05, 4.69) is 11.5 Å². The molecule has 128 valence electrons. The fourth-order valence-electron chi connectivity index (χ4n) is 1.00. The van der Waals surface area contributed by atoms with Crippen molar-refractivity contribution in [2.45, 2.75) is 55.4 Å². The number of hydrogen-bond donors (Lipinski definition) is 0. The first kappa shape index (κ1) is 29.6. The zero-order valence-electron chi connectivity index (χ0n) is 13.1. The van der Waals surface area contributed by atoms with Crippen molar-refractivity contribution in [3.8, 4) is 0 Å². The Balaban J connectivity index is -0.0000000927. The Bertz CT molecular complexity index is 263. The normalized spacial score (nSPS) is 7.40. The third-order valence-corrected chi connectivity index (χ3v) is 1.00. The number of hydrogen-bond acceptors (Lipinski definition) is 0. The summed E-state index contributed by atoms with van der Waals surface area (Å²) in [5.74, 6) is 0. The second kappa shape index (κ2) is 25.5. The van der Waals surface area contributed by atoms with Crippen LogP contribution in [0.5, 0.6) is 0 Å². The van der Waals surface area contributed by atoms with Crippen LogP contribution in [0.25, 0.3) is 0 Å². The van der Waals surface area contributed by atoms with Gasteiger partial charge < -0.3 is 0 Å². The molecule has 0 radical (unpaired) electrons. The Labute approximate surface area is 158 Å². The fraction of sp³-hybridized carbons (Fsp3) is 0.571. The zero-order valence-corrected chi connectivity index (χ0v) is 20.7. The molecule has 0 nitrogen and oxygen atoms in total. The molecule has 0 spiro atoms. The monoisotopic (exact) mass is 722 g/mol. The minimum atomic E-state index is -0.472. The molecular formula is C14H24Cl4Pt2. The Hall–Kier alpha value is 1.58. The molecule has 0 aliphatic carbocycles. The fourth-order valence-corrected chi connectivity index (χ4v) is 1.00. The van der Waals surface area contributed by atoms with Gasteiger partial charge in [0.15, 0.2) is 0 Å². The van der Waals surface area contributed by atoms with Crippen LogP contribution in [-0.2, 0) is 33.0 Å². The molecule has 0 aliphatic rings. The molecule has 0 atom stereocenters. The molecule has 0 unspecified atom stereocenters. The van der Waals surface area contributed by atoms with Gasteiger partial charge >= 0.3 is 70.6 Å². The summed E-state index contributed by atoms with van der Waals surface area (Å²) in [5.41, 5.74) is 11.3. The van der Waals surface area contributed by atoms with Crippen LogP contribution >= 0.6 is 37.7 Å². The van der Waals surface area contributed by atoms with Gasteiger partial charge in [-0.1, -0.05) is 0 Å². The molecule has 0 aromatic heterocycles. The van der Waals surface area contributed by atoms with E-state index in [4.69, 9.17) is 37.7 Å². The summed E-state index contributed by atoms with van der Waals surface area (Å²) < 4.78 is 0. The van der Waals surface area contributed by atoms with Gasteiger partial charge in [-0.25, -0.2) is 0 Å². The van der Waals surface area contributed by atoms with Crippen LogP contribution in [0.15, 0.2) is 33.8 Å². The Morgan fingerprint density at radius 3 is 0.600 bits per heavy atom. The van der Waals surface area contributed by atoms with Crippen molar-refractivity contribution in [2.75, 3.05) is 0 Å². The van der Waals surface area contributed by atoms with E-state index >= 15 is 0 Å². The van der Waals surface area contributed by atoms with Crippen LogP contribution in [0.2, 0.25) is 0 Å². The van der Waals surface area contributed by atoms with Crippen LogP contribution in [-0.4, -0.2) is 0 Å². The first-order valence-electron chi connectivity index (χ1n) is 5.48. The molecule has 0 amide bonds. The molecule has 0 heterocycles. The first-order valence-corrected chi connectivity index (χ1v) is 16.7. The third kappa shape index (κ3) is 73.7. The van der Waals surface area contributed by atoms with Gasteiger partial charge in [-0.05, 0) is 77.7 Å². The van der Waals surface area contributed by atoms with E-state index in [1.807, 2.05) is 55.4 Å². The molecule has 0 rings (SSSR count). The molecule has 0 fully saturated rings. The van der Waals surface area contributed by atoms with E-state index in [0.717, 1.165) is 0 Å². The number of allylic oxidation sites excluding steroid dienone is 2. The van der Waals surface area contributed by atoms with Crippen LogP contribution in [0.4, 0.5) is 0 Å². The van der Waals surface area contributed by atoms with Crippen molar-refractivity contribution in [1.82, 2.24) is 0 Å². The predicted molar refractivity (Wildman–Crippen MR) is 89.9 cm³/mol. The van der Waals surface area contributed by atoms with E-state index in [9.17, 15) is 0 Å². The quantitative estimate of drug-likeness (QED) is 0.224. The van der Waals surface area contributed by atoms with Crippen molar-refractivity contribution in [3.05, 3.63) is 33.8 Å². The third-order valence-electron chi connectivity index (χ3n) is 1.00. The maximum atomic E-state index is 4.88. The van der Waals surface area contributed by atoms with Crippen LogP contribution in [0, 0.1) is 0 Å². The molecule has 0 aliphatic heterocycles. The molecule has 0 saturated carbocycles. The average molecular weight is 724 g/mol. The molecule has 0 aromatic rings. The minimum absolute atomic E-state index is 0.472. The summed E-state index contributed by atoms with van der Waals surface area (Å²) >= 11 is -0.944. The number of rotatable bonds is 0. The molecule has 20 heavy (non-hydrogen) atoms. The van der Waals surface area contributed by atoms with Crippen molar-refractivity contribution in [1.29, 1.82) is 0 Å². The van der Waals surface area contributed by atoms with Crippen molar-refractivity contribution >= 4 is 37.7 Å². The van der Waals surface area contributed by atoms with Crippen LogP contribution < -0.4 is 0 Å². The Kier molecular flexibility index (Phi) is 37.7. The SMILES string of the molecule is CC(C)=C=C(C)C.CC(C)=C=C(C)C.[Cl][Pt][Cl].[Cl][Pt][Cl]. The second-order valence-electron chi connectivity index (χ2n) is 4.34. The second-order valence-corrected chi connectivity index (χ2v) is 10.9. The topological polar surface area (TPSA) is 0 Å². The average Bonchev–Trinajstić information content (AvgIpc) is 2.15. The van der Waals surface area contributed by atoms with Gasteiger partial charge in [0, 0.05) is 0 Å². The summed E-state index contributed by atoms with van der Waals surface area (Å²) in [6.07, 6.45) is 0. The predicted octanol–water partition coefficient (Wildman–Crippen LogP) is 7.79. The summed E-state index contributed by atoms with van der Waals surface area (Å²) in [5, 5.41) is 0.